The first kappa shape index (κ1) is 15.9. The lowest BCUT2D eigenvalue weighted by molar-refractivity contribution is -0.126. The molecule has 0 aliphatic carbocycles. The van der Waals surface area contributed by atoms with Crippen molar-refractivity contribution in [1.82, 2.24) is 20.1 Å². The van der Waals surface area contributed by atoms with Gasteiger partial charge in [-0.15, -0.1) is 0 Å². The van der Waals surface area contributed by atoms with Crippen molar-refractivity contribution in [2.45, 2.75) is 38.4 Å². The highest BCUT2D eigenvalue weighted by Gasteiger charge is 2.50. The summed E-state index contributed by atoms with van der Waals surface area (Å²) in [4.78, 5) is 32.9. The van der Waals surface area contributed by atoms with Gasteiger partial charge in [0.05, 0.1) is 6.04 Å². The second-order valence-corrected chi connectivity index (χ2v) is 6.68. The van der Waals surface area contributed by atoms with Gasteiger partial charge in [0.2, 0.25) is 5.91 Å². The third-order valence-electron chi connectivity index (χ3n) is 5.04. The highest BCUT2D eigenvalue weighted by Crippen LogP contribution is 2.37. The van der Waals surface area contributed by atoms with Crippen LogP contribution in [0.15, 0.2) is 24.5 Å². The zero-order valence-corrected chi connectivity index (χ0v) is 13.9. The summed E-state index contributed by atoms with van der Waals surface area (Å²) in [5.41, 5.74) is 0.680. The first-order valence-corrected chi connectivity index (χ1v) is 8.21. The summed E-state index contributed by atoms with van der Waals surface area (Å²) in [7, 11) is 1.69. The summed E-state index contributed by atoms with van der Waals surface area (Å²) in [6.45, 7) is 5.65. The van der Waals surface area contributed by atoms with Crippen LogP contribution in [0.2, 0.25) is 0 Å². The fourth-order valence-electron chi connectivity index (χ4n) is 4.06. The average Bonchev–Trinajstić information content (AvgIpc) is 3.11. The molecule has 2 saturated heterocycles. The number of nitrogens with one attached hydrogen (secondary N) is 1. The number of nitrogens with zero attached hydrogens (tertiary/aromatic N) is 3. The highest BCUT2D eigenvalue weighted by molar-refractivity contribution is 5.94. The predicted molar refractivity (Wildman–Crippen MR) is 86.9 cm³/mol. The molecule has 2 aliphatic rings. The molecular weight excluding hydrogens is 292 g/mol. The molecule has 23 heavy (non-hydrogen) atoms. The maximum Gasteiger partial charge on any atom is 0.254 e. The molecule has 6 heteroatoms. The van der Waals surface area contributed by atoms with Crippen LogP contribution in [0.3, 0.4) is 0 Å². The molecular formula is C17H24N4O2. The lowest BCUT2D eigenvalue weighted by atomic mass is 10.0. The van der Waals surface area contributed by atoms with Gasteiger partial charge < -0.3 is 10.2 Å². The van der Waals surface area contributed by atoms with Crippen molar-refractivity contribution in [2.75, 3.05) is 20.1 Å². The number of likely N-dealkylation sites (N-methyl/N-ethyl adjacent to an activating group) is 1. The molecule has 2 fully saturated rings. The molecule has 3 atom stereocenters. The van der Waals surface area contributed by atoms with Gasteiger partial charge >= 0.3 is 0 Å². The summed E-state index contributed by atoms with van der Waals surface area (Å²) >= 11 is 0. The Hall–Kier alpha value is -1.95. The van der Waals surface area contributed by atoms with E-state index in [-0.39, 0.29) is 29.9 Å². The minimum Gasteiger partial charge on any atom is -0.358 e. The molecule has 0 radical (unpaired) electrons. The van der Waals surface area contributed by atoms with Gasteiger partial charge in [0.25, 0.3) is 5.91 Å². The van der Waals surface area contributed by atoms with Gasteiger partial charge in [0.15, 0.2) is 0 Å². The Morgan fingerprint density at radius 3 is 2.57 bits per heavy atom. The summed E-state index contributed by atoms with van der Waals surface area (Å²) < 4.78 is 0. The number of hydrogen-bond acceptors (Lipinski definition) is 4. The number of carbonyl (C=O) groups excluding carboxylic acids is 2. The molecule has 1 aromatic rings. The van der Waals surface area contributed by atoms with E-state index in [0.717, 1.165) is 13.0 Å². The van der Waals surface area contributed by atoms with Gasteiger partial charge in [-0.1, -0.05) is 0 Å². The Morgan fingerprint density at radius 2 is 1.96 bits per heavy atom. The number of hydrogen-bond donors (Lipinski definition) is 1. The third-order valence-corrected chi connectivity index (χ3v) is 5.04. The molecule has 0 bridgehead atoms. The van der Waals surface area contributed by atoms with Crippen LogP contribution in [0.5, 0.6) is 0 Å². The molecule has 2 aliphatic heterocycles. The molecule has 6 nitrogen and oxygen atoms in total. The Balaban J connectivity index is 1.75. The van der Waals surface area contributed by atoms with Crippen molar-refractivity contribution in [2.24, 2.45) is 5.92 Å². The standard InChI is InChI=1S/C17H24N4O2/c1-11(2)21-14(16(22)18-3)8-13-9-20(10-15(13)21)17(23)12-4-6-19-7-5-12/h4-7,11,13-15H,8-10H2,1-3H3,(H,18,22)/t13-,14-,15+/m0/s1. The van der Waals surface area contributed by atoms with Crippen LogP contribution in [-0.2, 0) is 4.79 Å². The number of aromatic nitrogens is 1. The van der Waals surface area contributed by atoms with E-state index in [2.05, 4.69) is 29.0 Å². The smallest absolute Gasteiger partial charge is 0.254 e. The zero-order valence-electron chi connectivity index (χ0n) is 13.9. The molecule has 0 unspecified atom stereocenters. The predicted octanol–water partition coefficient (Wildman–Crippen LogP) is 0.751. The van der Waals surface area contributed by atoms with Gasteiger partial charge in [0.1, 0.15) is 0 Å². The minimum atomic E-state index is -0.0758. The molecule has 3 rings (SSSR count). The van der Waals surface area contributed by atoms with Gasteiger partial charge in [-0.25, -0.2) is 0 Å². The lowest BCUT2D eigenvalue weighted by Crippen LogP contribution is -2.50. The van der Waals surface area contributed by atoms with Crippen molar-refractivity contribution in [3.63, 3.8) is 0 Å². The summed E-state index contributed by atoms with van der Waals surface area (Å²) in [6, 6.07) is 3.98. The van der Waals surface area contributed by atoms with E-state index in [4.69, 9.17) is 0 Å². The fraction of sp³-hybridized carbons (Fsp3) is 0.588. The Bertz CT molecular complexity index is 590. The van der Waals surface area contributed by atoms with Gasteiger partial charge in [-0.2, -0.15) is 0 Å². The summed E-state index contributed by atoms with van der Waals surface area (Å²) in [6.07, 6.45) is 4.11. The highest BCUT2D eigenvalue weighted by atomic mass is 16.2. The minimum absolute atomic E-state index is 0.0574. The van der Waals surface area contributed by atoms with Crippen molar-refractivity contribution < 1.29 is 9.59 Å². The van der Waals surface area contributed by atoms with Crippen LogP contribution in [0.1, 0.15) is 30.6 Å². The second-order valence-electron chi connectivity index (χ2n) is 6.68. The van der Waals surface area contributed by atoms with Crippen LogP contribution in [0.4, 0.5) is 0 Å². The van der Waals surface area contributed by atoms with E-state index in [9.17, 15) is 9.59 Å². The van der Waals surface area contributed by atoms with Crippen LogP contribution in [-0.4, -0.2) is 64.9 Å². The molecule has 1 aromatic heterocycles. The first-order valence-electron chi connectivity index (χ1n) is 8.21. The van der Waals surface area contributed by atoms with Crippen molar-refractivity contribution in [3.8, 4) is 0 Å². The molecule has 0 spiro atoms. The van der Waals surface area contributed by atoms with E-state index >= 15 is 0 Å². The number of likely N-dealkylation sites (tertiary alicyclic amines) is 2. The van der Waals surface area contributed by atoms with Gasteiger partial charge in [0, 0.05) is 50.2 Å². The summed E-state index contributed by atoms with van der Waals surface area (Å²) in [5, 5.41) is 2.77. The van der Waals surface area contributed by atoms with Crippen LogP contribution in [0, 0.1) is 5.92 Å². The monoisotopic (exact) mass is 316 g/mol. The van der Waals surface area contributed by atoms with Crippen LogP contribution >= 0.6 is 0 Å². The van der Waals surface area contributed by atoms with Crippen molar-refractivity contribution in [1.29, 1.82) is 0 Å². The van der Waals surface area contributed by atoms with E-state index in [1.807, 2.05) is 4.90 Å². The fourth-order valence-corrected chi connectivity index (χ4v) is 4.06. The second kappa shape index (κ2) is 6.28. The maximum atomic E-state index is 12.6. The maximum absolute atomic E-state index is 12.6. The molecule has 0 aromatic carbocycles. The largest absolute Gasteiger partial charge is 0.358 e. The normalized spacial score (nSPS) is 27.3. The van der Waals surface area contributed by atoms with Crippen molar-refractivity contribution in [3.05, 3.63) is 30.1 Å². The molecule has 0 saturated carbocycles. The topological polar surface area (TPSA) is 65.5 Å². The van der Waals surface area contributed by atoms with Gasteiger partial charge in [-0.3, -0.25) is 19.5 Å². The van der Waals surface area contributed by atoms with Crippen LogP contribution in [0.25, 0.3) is 0 Å². The van der Waals surface area contributed by atoms with E-state index in [1.54, 1.807) is 31.6 Å². The van der Waals surface area contributed by atoms with E-state index in [1.165, 1.54) is 0 Å². The number of amides is 2. The third kappa shape index (κ3) is 2.83. The van der Waals surface area contributed by atoms with E-state index in [0.29, 0.717) is 18.0 Å². The SMILES string of the molecule is CNC(=O)[C@@H]1C[C@H]2CN(C(=O)c3ccncc3)C[C@H]2N1C(C)C. The quantitative estimate of drug-likeness (QED) is 0.894. The molecule has 3 heterocycles. The van der Waals surface area contributed by atoms with Gasteiger partial charge in [-0.05, 0) is 38.3 Å². The molecule has 1 N–H and O–H groups in total. The Morgan fingerprint density at radius 1 is 1.26 bits per heavy atom. The lowest BCUT2D eigenvalue weighted by Gasteiger charge is -2.33. The Labute approximate surface area is 136 Å². The summed E-state index contributed by atoms with van der Waals surface area (Å²) in [5.74, 6) is 0.507. The first-order chi connectivity index (χ1) is 11.0. The van der Waals surface area contributed by atoms with Crippen LogP contribution < -0.4 is 5.32 Å². The number of rotatable bonds is 3. The Kier molecular flexibility index (Phi) is 4.35. The number of carbonyl (C=O) groups is 2. The number of fused-ring (bicyclic) bond motifs is 1. The molecule has 2 amide bonds. The average molecular weight is 316 g/mol. The zero-order chi connectivity index (χ0) is 16.6. The van der Waals surface area contributed by atoms with E-state index < -0.39 is 0 Å². The van der Waals surface area contributed by atoms with Crippen molar-refractivity contribution >= 4 is 11.8 Å². The molecule has 124 valence electrons. The number of pyridine rings is 1.